The maximum absolute atomic E-state index is 11.6. The Morgan fingerprint density at radius 3 is 2.36 bits per heavy atom. The van der Waals surface area contributed by atoms with E-state index >= 15 is 0 Å². The number of alkyl halides is 3. The molecule has 2 atom stereocenters. The molecule has 1 aliphatic rings. The summed E-state index contributed by atoms with van der Waals surface area (Å²) in [5.41, 5.74) is 0. The van der Waals surface area contributed by atoms with Crippen molar-refractivity contribution in [3.8, 4) is 0 Å². The molecule has 0 saturated heterocycles. The normalized spacial score (nSPS) is 25.7. The van der Waals surface area contributed by atoms with Crippen LogP contribution in [0.3, 0.4) is 0 Å². The van der Waals surface area contributed by atoms with E-state index in [-0.39, 0.29) is 24.2 Å². The maximum Gasteiger partial charge on any atom is 0.490 e. The summed E-state index contributed by atoms with van der Waals surface area (Å²) in [6.45, 7) is 1.05. The minimum absolute atomic E-state index is 0.0712. The Kier molecular flexibility index (Phi) is 2.82. The molecule has 14 heavy (non-hydrogen) atoms. The van der Waals surface area contributed by atoms with Gasteiger partial charge >= 0.3 is 12.1 Å². The molecule has 0 N–H and O–H groups in total. The Morgan fingerprint density at radius 2 is 2.00 bits per heavy atom. The van der Waals surface area contributed by atoms with Crippen LogP contribution in [0.4, 0.5) is 13.2 Å². The number of carbonyl (C=O) groups is 2. The molecule has 0 heterocycles. The summed E-state index contributed by atoms with van der Waals surface area (Å²) in [5.74, 6) is -2.71. The molecule has 0 bridgehead atoms. The largest absolute Gasteiger partial charge is 0.490 e. The van der Waals surface area contributed by atoms with Gasteiger partial charge in [-0.1, -0.05) is 0 Å². The van der Waals surface area contributed by atoms with Crippen molar-refractivity contribution in [1.29, 1.82) is 0 Å². The summed E-state index contributed by atoms with van der Waals surface area (Å²) < 4.78 is 38.9. The second-order valence-corrected chi connectivity index (χ2v) is 3.31. The zero-order chi connectivity index (χ0) is 10.9. The van der Waals surface area contributed by atoms with Crippen LogP contribution in [-0.4, -0.2) is 24.5 Å². The van der Waals surface area contributed by atoms with Gasteiger partial charge in [-0.25, -0.2) is 4.79 Å². The minimum atomic E-state index is -4.94. The van der Waals surface area contributed by atoms with E-state index in [0.29, 0.717) is 6.42 Å². The Balaban J connectivity index is 2.24. The molecule has 1 fully saturated rings. The highest BCUT2D eigenvalue weighted by atomic mass is 19.4. The van der Waals surface area contributed by atoms with E-state index in [9.17, 15) is 22.8 Å². The molecule has 0 aromatic rings. The first-order valence-electron chi connectivity index (χ1n) is 4.06. The molecule has 3 nitrogen and oxygen atoms in total. The molecule has 1 saturated carbocycles. The van der Waals surface area contributed by atoms with Crippen LogP contribution in [0.25, 0.3) is 0 Å². The second kappa shape index (κ2) is 3.59. The number of hydrogen-bond acceptors (Lipinski definition) is 3. The van der Waals surface area contributed by atoms with Crippen LogP contribution in [0.2, 0.25) is 0 Å². The van der Waals surface area contributed by atoms with Crippen LogP contribution in [-0.2, 0) is 14.3 Å². The molecular weight excluding hydrogens is 201 g/mol. The lowest BCUT2D eigenvalue weighted by molar-refractivity contribution is -0.200. The standard InChI is InChI=1S/C8H9F3O3/c1-4(12)6-2-5(6)3-14-7(13)8(9,10)11/h5-6H,2-3H2,1H3/t5-,6-/m1/s1. The fourth-order valence-electron chi connectivity index (χ4n) is 1.19. The first-order chi connectivity index (χ1) is 6.32. The summed E-state index contributed by atoms with van der Waals surface area (Å²) in [6, 6.07) is 0. The van der Waals surface area contributed by atoms with Crippen molar-refractivity contribution in [2.75, 3.05) is 6.61 Å². The van der Waals surface area contributed by atoms with Gasteiger partial charge in [0.15, 0.2) is 0 Å². The summed E-state index contributed by atoms with van der Waals surface area (Å²) >= 11 is 0. The fourth-order valence-corrected chi connectivity index (χ4v) is 1.19. The average molecular weight is 210 g/mol. The number of ketones is 1. The Labute approximate surface area is 78.2 Å². The second-order valence-electron chi connectivity index (χ2n) is 3.31. The van der Waals surface area contributed by atoms with Crippen LogP contribution < -0.4 is 0 Å². The minimum Gasteiger partial charge on any atom is -0.459 e. The van der Waals surface area contributed by atoms with E-state index in [1.165, 1.54) is 6.92 Å². The van der Waals surface area contributed by atoms with E-state index < -0.39 is 12.1 Å². The Morgan fingerprint density at radius 1 is 1.43 bits per heavy atom. The van der Waals surface area contributed by atoms with E-state index in [2.05, 4.69) is 4.74 Å². The molecule has 6 heteroatoms. The van der Waals surface area contributed by atoms with Gasteiger partial charge in [-0.2, -0.15) is 13.2 Å². The SMILES string of the molecule is CC(=O)[C@H]1C[C@@H]1COC(=O)C(F)(F)F. The number of ether oxygens (including phenoxy) is 1. The van der Waals surface area contributed by atoms with Crippen LogP contribution >= 0.6 is 0 Å². The average Bonchev–Trinajstić information content (AvgIpc) is 2.76. The lowest BCUT2D eigenvalue weighted by atomic mass is 10.2. The van der Waals surface area contributed by atoms with Crippen molar-refractivity contribution in [3.05, 3.63) is 0 Å². The predicted molar refractivity (Wildman–Crippen MR) is 39.3 cm³/mol. The molecule has 0 amide bonds. The molecule has 0 unspecified atom stereocenters. The molecule has 0 aromatic carbocycles. The van der Waals surface area contributed by atoms with Crippen LogP contribution in [0, 0.1) is 11.8 Å². The number of carbonyl (C=O) groups excluding carboxylic acids is 2. The van der Waals surface area contributed by atoms with Crippen LogP contribution in [0.5, 0.6) is 0 Å². The topological polar surface area (TPSA) is 43.4 Å². The lowest BCUT2D eigenvalue weighted by Gasteiger charge is -2.05. The summed E-state index contributed by atoms with van der Waals surface area (Å²) in [4.78, 5) is 20.9. The van der Waals surface area contributed by atoms with Gasteiger partial charge in [-0.3, -0.25) is 4.79 Å². The van der Waals surface area contributed by atoms with E-state index in [4.69, 9.17) is 0 Å². The van der Waals surface area contributed by atoms with Crippen molar-refractivity contribution < 1.29 is 27.5 Å². The first kappa shape index (κ1) is 11.0. The fraction of sp³-hybridized carbons (Fsp3) is 0.750. The zero-order valence-electron chi connectivity index (χ0n) is 7.43. The highest BCUT2D eigenvalue weighted by Gasteiger charge is 2.45. The highest BCUT2D eigenvalue weighted by molar-refractivity contribution is 5.81. The molecule has 0 aromatic heterocycles. The maximum atomic E-state index is 11.6. The molecule has 0 radical (unpaired) electrons. The van der Waals surface area contributed by atoms with E-state index in [1.807, 2.05) is 0 Å². The van der Waals surface area contributed by atoms with Gasteiger partial charge in [0.25, 0.3) is 0 Å². The van der Waals surface area contributed by atoms with Gasteiger partial charge in [0.05, 0.1) is 6.61 Å². The smallest absolute Gasteiger partial charge is 0.459 e. The van der Waals surface area contributed by atoms with Crippen LogP contribution in [0.15, 0.2) is 0 Å². The third-order valence-corrected chi connectivity index (χ3v) is 2.10. The van der Waals surface area contributed by atoms with E-state index in [0.717, 1.165) is 0 Å². The van der Waals surface area contributed by atoms with Gasteiger partial charge < -0.3 is 4.74 Å². The predicted octanol–water partition coefficient (Wildman–Crippen LogP) is 1.32. The van der Waals surface area contributed by atoms with Gasteiger partial charge in [-0.15, -0.1) is 0 Å². The number of rotatable bonds is 3. The number of esters is 1. The van der Waals surface area contributed by atoms with Gasteiger partial charge in [0, 0.05) is 11.8 Å². The third kappa shape index (κ3) is 2.71. The molecular formula is C8H9F3O3. The van der Waals surface area contributed by atoms with Crippen molar-refractivity contribution in [2.24, 2.45) is 11.8 Å². The number of hydrogen-bond donors (Lipinski definition) is 0. The first-order valence-corrected chi connectivity index (χ1v) is 4.06. The van der Waals surface area contributed by atoms with Gasteiger partial charge in [-0.05, 0) is 13.3 Å². The van der Waals surface area contributed by atoms with Crippen molar-refractivity contribution in [3.63, 3.8) is 0 Å². The summed E-state index contributed by atoms with van der Waals surface area (Å²) in [7, 11) is 0. The molecule has 0 spiro atoms. The number of Topliss-reactive ketones (excluding diaryl/α,β-unsaturated/α-hetero) is 1. The molecule has 80 valence electrons. The quantitative estimate of drug-likeness (QED) is 0.660. The Hall–Kier alpha value is -1.07. The molecule has 0 aliphatic heterocycles. The van der Waals surface area contributed by atoms with Gasteiger partial charge in [0.2, 0.25) is 0 Å². The van der Waals surface area contributed by atoms with Crippen molar-refractivity contribution in [2.45, 2.75) is 19.5 Å². The summed E-state index contributed by atoms with van der Waals surface area (Å²) in [5, 5.41) is 0. The van der Waals surface area contributed by atoms with Crippen molar-refractivity contribution in [1.82, 2.24) is 0 Å². The monoisotopic (exact) mass is 210 g/mol. The highest BCUT2D eigenvalue weighted by Crippen LogP contribution is 2.39. The zero-order valence-corrected chi connectivity index (χ0v) is 7.43. The Bertz CT molecular complexity index is 259. The molecule has 1 aliphatic carbocycles. The van der Waals surface area contributed by atoms with Crippen molar-refractivity contribution >= 4 is 11.8 Å². The third-order valence-electron chi connectivity index (χ3n) is 2.10. The molecule has 1 rings (SSSR count). The van der Waals surface area contributed by atoms with E-state index in [1.54, 1.807) is 0 Å². The van der Waals surface area contributed by atoms with Gasteiger partial charge in [0.1, 0.15) is 5.78 Å². The van der Waals surface area contributed by atoms with Crippen LogP contribution in [0.1, 0.15) is 13.3 Å². The summed E-state index contributed by atoms with van der Waals surface area (Å²) in [6.07, 6.45) is -4.43. The lowest BCUT2D eigenvalue weighted by Crippen LogP contribution is -2.26. The number of halogens is 3.